The van der Waals surface area contributed by atoms with Gasteiger partial charge in [0.05, 0.1) is 5.69 Å². The fraction of sp³-hybridized carbons (Fsp3) is 0.400. The van der Waals surface area contributed by atoms with E-state index < -0.39 is 0 Å². The Kier molecular flexibility index (Phi) is 3.82. The van der Waals surface area contributed by atoms with E-state index in [0.29, 0.717) is 0 Å². The van der Waals surface area contributed by atoms with E-state index in [9.17, 15) is 0 Å². The Bertz CT molecular complexity index is 541. The van der Waals surface area contributed by atoms with Crippen LogP contribution >= 0.6 is 0 Å². The molecule has 1 heterocycles. The zero-order chi connectivity index (χ0) is 13.1. The molecule has 3 heteroatoms. The molecule has 1 N–H and O–H groups in total. The summed E-state index contributed by atoms with van der Waals surface area (Å²) in [6.07, 6.45) is 3.12. The Morgan fingerprint density at radius 1 is 1.22 bits per heavy atom. The maximum absolute atomic E-state index is 4.59. The second-order valence-corrected chi connectivity index (χ2v) is 4.83. The number of hydrogen-bond donors (Lipinski definition) is 1. The quantitative estimate of drug-likeness (QED) is 0.894. The van der Waals surface area contributed by atoms with Gasteiger partial charge in [-0.2, -0.15) is 5.10 Å². The molecule has 0 saturated carbocycles. The number of likely N-dealkylation sites (N-methyl/N-ethyl adjacent to an activating group) is 1. The summed E-state index contributed by atoms with van der Waals surface area (Å²) in [6, 6.07) is 6.55. The minimum atomic E-state index is 0.976. The van der Waals surface area contributed by atoms with Gasteiger partial charge in [0.1, 0.15) is 0 Å². The Balaban J connectivity index is 2.39. The molecule has 2 rings (SSSR count). The lowest BCUT2D eigenvalue weighted by Gasteiger charge is -2.05. The topological polar surface area (TPSA) is 29.9 Å². The number of rotatable bonds is 4. The molecule has 96 valence electrons. The van der Waals surface area contributed by atoms with Gasteiger partial charge in [-0.3, -0.25) is 4.68 Å². The summed E-state index contributed by atoms with van der Waals surface area (Å²) in [5.41, 5.74) is 6.26. The first kappa shape index (κ1) is 12.8. The van der Waals surface area contributed by atoms with Gasteiger partial charge < -0.3 is 5.32 Å². The minimum absolute atomic E-state index is 0.976. The largest absolute Gasteiger partial charge is 0.319 e. The lowest BCUT2D eigenvalue weighted by molar-refractivity contribution is 0.765. The number of nitrogens with zero attached hydrogens (tertiary/aromatic N) is 2. The van der Waals surface area contributed by atoms with E-state index >= 15 is 0 Å². The van der Waals surface area contributed by atoms with Gasteiger partial charge in [-0.15, -0.1) is 0 Å². The molecule has 0 atom stereocenters. The number of aryl methyl sites for hydroxylation is 3. The molecule has 0 bridgehead atoms. The Morgan fingerprint density at radius 3 is 2.67 bits per heavy atom. The first-order valence-corrected chi connectivity index (χ1v) is 6.36. The zero-order valence-electron chi connectivity index (χ0n) is 11.6. The lowest BCUT2D eigenvalue weighted by Crippen LogP contribution is -2.10. The average Bonchev–Trinajstić information content (AvgIpc) is 2.71. The molecule has 0 radical (unpaired) electrons. The summed E-state index contributed by atoms with van der Waals surface area (Å²) >= 11 is 0. The van der Waals surface area contributed by atoms with Crippen molar-refractivity contribution < 1.29 is 0 Å². The molecule has 0 aliphatic rings. The summed E-state index contributed by atoms with van der Waals surface area (Å²) in [5.74, 6) is 0. The standard InChI is InChI=1S/C15H21N3/c1-11-5-6-13(9-12(11)2)15-14(7-8-16-3)10-18(4)17-15/h5-6,9-10,16H,7-8H2,1-4H3. The van der Waals surface area contributed by atoms with E-state index in [0.717, 1.165) is 18.7 Å². The summed E-state index contributed by atoms with van der Waals surface area (Å²) in [7, 11) is 3.96. The number of nitrogens with one attached hydrogen (secondary N) is 1. The van der Waals surface area contributed by atoms with Crippen molar-refractivity contribution in [2.75, 3.05) is 13.6 Å². The maximum atomic E-state index is 4.59. The predicted molar refractivity (Wildman–Crippen MR) is 75.7 cm³/mol. The Hall–Kier alpha value is -1.61. The molecule has 2 aromatic rings. The van der Waals surface area contributed by atoms with Crippen LogP contribution in [0.5, 0.6) is 0 Å². The van der Waals surface area contributed by atoms with Crippen molar-refractivity contribution in [2.24, 2.45) is 7.05 Å². The summed E-state index contributed by atoms with van der Waals surface area (Å²) in [4.78, 5) is 0. The molecule has 0 aliphatic carbocycles. The van der Waals surface area contributed by atoms with E-state index in [-0.39, 0.29) is 0 Å². The molecule has 1 aromatic carbocycles. The van der Waals surface area contributed by atoms with Gasteiger partial charge in [-0.25, -0.2) is 0 Å². The van der Waals surface area contributed by atoms with E-state index in [1.807, 2.05) is 18.8 Å². The number of hydrogen-bond acceptors (Lipinski definition) is 2. The third-order valence-corrected chi connectivity index (χ3v) is 3.33. The summed E-state index contributed by atoms with van der Waals surface area (Å²) in [6.45, 7) is 5.26. The van der Waals surface area contributed by atoms with Crippen LogP contribution in [-0.4, -0.2) is 23.4 Å². The van der Waals surface area contributed by atoms with E-state index in [4.69, 9.17) is 0 Å². The fourth-order valence-corrected chi connectivity index (χ4v) is 2.11. The number of aromatic nitrogens is 2. The minimum Gasteiger partial charge on any atom is -0.319 e. The van der Waals surface area contributed by atoms with Gasteiger partial charge in [-0.1, -0.05) is 12.1 Å². The fourth-order valence-electron chi connectivity index (χ4n) is 2.11. The van der Waals surface area contributed by atoms with Crippen molar-refractivity contribution in [1.82, 2.24) is 15.1 Å². The molecule has 1 aromatic heterocycles. The van der Waals surface area contributed by atoms with Gasteiger partial charge in [-0.05, 0) is 56.6 Å². The Labute approximate surface area is 109 Å². The van der Waals surface area contributed by atoms with Crippen molar-refractivity contribution >= 4 is 0 Å². The first-order valence-electron chi connectivity index (χ1n) is 6.36. The average molecular weight is 243 g/mol. The molecule has 0 aliphatic heterocycles. The van der Waals surface area contributed by atoms with E-state index in [1.165, 1.54) is 22.3 Å². The predicted octanol–water partition coefficient (Wildman–Crippen LogP) is 2.47. The summed E-state index contributed by atoms with van der Waals surface area (Å²) < 4.78 is 1.90. The molecular weight excluding hydrogens is 222 g/mol. The number of benzene rings is 1. The van der Waals surface area contributed by atoms with Gasteiger partial charge in [0, 0.05) is 18.8 Å². The van der Waals surface area contributed by atoms with Crippen LogP contribution in [0.15, 0.2) is 24.4 Å². The molecule has 0 unspecified atom stereocenters. The summed E-state index contributed by atoms with van der Waals surface area (Å²) in [5, 5.41) is 7.78. The SMILES string of the molecule is CNCCc1cn(C)nc1-c1ccc(C)c(C)c1. The molecular formula is C15H21N3. The lowest BCUT2D eigenvalue weighted by atomic mass is 10.0. The van der Waals surface area contributed by atoms with Gasteiger partial charge in [0.15, 0.2) is 0 Å². The highest BCUT2D eigenvalue weighted by Crippen LogP contribution is 2.24. The molecule has 0 saturated heterocycles. The van der Waals surface area contributed by atoms with Crippen LogP contribution in [0, 0.1) is 13.8 Å². The second kappa shape index (κ2) is 5.36. The van der Waals surface area contributed by atoms with Crippen LogP contribution in [0.1, 0.15) is 16.7 Å². The molecule has 0 fully saturated rings. The maximum Gasteiger partial charge on any atom is 0.0955 e. The van der Waals surface area contributed by atoms with Crippen molar-refractivity contribution in [3.63, 3.8) is 0 Å². The van der Waals surface area contributed by atoms with Crippen LogP contribution in [-0.2, 0) is 13.5 Å². The van der Waals surface area contributed by atoms with Crippen LogP contribution in [0.2, 0.25) is 0 Å². The van der Waals surface area contributed by atoms with Gasteiger partial charge in [0.25, 0.3) is 0 Å². The van der Waals surface area contributed by atoms with Crippen LogP contribution < -0.4 is 5.32 Å². The zero-order valence-corrected chi connectivity index (χ0v) is 11.6. The molecule has 0 spiro atoms. The normalized spacial score (nSPS) is 10.9. The third kappa shape index (κ3) is 2.62. The molecule has 0 amide bonds. The van der Waals surface area contributed by atoms with Crippen molar-refractivity contribution in [1.29, 1.82) is 0 Å². The highest BCUT2D eigenvalue weighted by molar-refractivity contribution is 5.64. The van der Waals surface area contributed by atoms with Gasteiger partial charge >= 0.3 is 0 Å². The smallest absolute Gasteiger partial charge is 0.0955 e. The third-order valence-electron chi connectivity index (χ3n) is 3.33. The van der Waals surface area contributed by atoms with Crippen LogP contribution in [0.3, 0.4) is 0 Å². The van der Waals surface area contributed by atoms with Crippen LogP contribution in [0.4, 0.5) is 0 Å². The van der Waals surface area contributed by atoms with Gasteiger partial charge in [0.2, 0.25) is 0 Å². The van der Waals surface area contributed by atoms with Crippen molar-refractivity contribution in [2.45, 2.75) is 20.3 Å². The van der Waals surface area contributed by atoms with Crippen molar-refractivity contribution in [3.05, 3.63) is 41.1 Å². The molecule has 3 nitrogen and oxygen atoms in total. The van der Waals surface area contributed by atoms with Crippen LogP contribution in [0.25, 0.3) is 11.3 Å². The first-order chi connectivity index (χ1) is 8.61. The second-order valence-electron chi connectivity index (χ2n) is 4.83. The van der Waals surface area contributed by atoms with E-state index in [2.05, 4.69) is 48.7 Å². The van der Waals surface area contributed by atoms with Crippen molar-refractivity contribution in [3.8, 4) is 11.3 Å². The highest BCUT2D eigenvalue weighted by Gasteiger charge is 2.10. The van der Waals surface area contributed by atoms with E-state index in [1.54, 1.807) is 0 Å². The highest BCUT2D eigenvalue weighted by atomic mass is 15.2. The Morgan fingerprint density at radius 2 is 2.00 bits per heavy atom. The monoisotopic (exact) mass is 243 g/mol. The molecule has 18 heavy (non-hydrogen) atoms.